The average Bonchev–Trinajstić information content (AvgIpc) is 2.65. The molecule has 0 radical (unpaired) electrons. The van der Waals surface area contributed by atoms with Crippen LogP contribution in [0.25, 0.3) is 0 Å². The molecule has 1 aliphatic heterocycles. The van der Waals surface area contributed by atoms with Crippen molar-refractivity contribution < 1.29 is 4.79 Å². The maximum absolute atomic E-state index is 12.2. The first-order chi connectivity index (χ1) is 9.19. The Kier molecular flexibility index (Phi) is 4.82. The summed E-state index contributed by atoms with van der Waals surface area (Å²) in [5, 5.41) is 4.06. The Balaban J connectivity index is 1.85. The summed E-state index contributed by atoms with van der Waals surface area (Å²) in [5.41, 5.74) is 5.55. The number of nitrogens with zero attached hydrogens (tertiary/aromatic N) is 3. The molecule has 1 aromatic heterocycles. The number of carbonyl (C=O) groups is 1. The van der Waals surface area contributed by atoms with Gasteiger partial charge < -0.3 is 10.6 Å². The SMILES string of the molecule is CCCC1CCCN(C(=O)Cn2ccc(N)n2)CC1. The predicted molar refractivity (Wildman–Crippen MR) is 75.5 cm³/mol. The van der Waals surface area contributed by atoms with Gasteiger partial charge in [-0.15, -0.1) is 0 Å². The van der Waals surface area contributed by atoms with Crippen LogP contribution in [0.15, 0.2) is 12.3 Å². The van der Waals surface area contributed by atoms with E-state index in [2.05, 4.69) is 12.0 Å². The van der Waals surface area contributed by atoms with Crippen molar-refractivity contribution in [3.8, 4) is 0 Å². The van der Waals surface area contributed by atoms with Gasteiger partial charge in [0.25, 0.3) is 0 Å². The van der Waals surface area contributed by atoms with Crippen LogP contribution in [0.1, 0.15) is 39.0 Å². The summed E-state index contributed by atoms with van der Waals surface area (Å²) in [4.78, 5) is 14.2. The number of nitrogen functional groups attached to an aromatic ring is 1. The quantitative estimate of drug-likeness (QED) is 0.903. The van der Waals surface area contributed by atoms with Crippen LogP contribution in [0.4, 0.5) is 5.82 Å². The van der Waals surface area contributed by atoms with Gasteiger partial charge >= 0.3 is 0 Å². The molecule has 0 aromatic carbocycles. The summed E-state index contributed by atoms with van der Waals surface area (Å²) in [6.07, 6.45) is 7.80. The zero-order valence-electron chi connectivity index (χ0n) is 11.7. The summed E-state index contributed by atoms with van der Waals surface area (Å²) < 4.78 is 1.62. The molecule has 5 heteroatoms. The number of hydrogen-bond acceptors (Lipinski definition) is 3. The van der Waals surface area contributed by atoms with Gasteiger partial charge in [-0.2, -0.15) is 5.10 Å². The zero-order valence-corrected chi connectivity index (χ0v) is 11.7. The van der Waals surface area contributed by atoms with Crippen molar-refractivity contribution in [3.05, 3.63) is 12.3 Å². The number of amides is 1. The van der Waals surface area contributed by atoms with Crippen molar-refractivity contribution in [1.29, 1.82) is 0 Å². The molecule has 2 N–H and O–H groups in total. The predicted octanol–water partition coefficient (Wildman–Crippen LogP) is 1.89. The third-order valence-electron chi connectivity index (χ3n) is 3.86. The van der Waals surface area contributed by atoms with Crippen molar-refractivity contribution in [1.82, 2.24) is 14.7 Å². The standard InChI is InChI=1S/C14H24N4O/c1-2-4-12-5-3-8-17(9-6-12)14(19)11-18-10-7-13(15)16-18/h7,10,12H,2-6,8-9,11H2,1H3,(H2,15,16). The Hall–Kier alpha value is -1.52. The Labute approximate surface area is 114 Å². The molecule has 1 aromatic rings. The molecule has 0 saturated carbocycles. The fraction of sp³-hybridized carbons (Fsp3) is 0.714. The molecule has 2 rings (SSSR count). The van der Waals surface area contributed by atoms with Crippen LogP contribution < -0.4 is 5.73 Å². The van der Waals surface area contributed by atoms with Crippen LogP contribution in [-0.2, 0) is 11.3 Å². The summed E-state index contributed by atoms with van der Waals surface area (Å²) in [7, 11) is 0. The molecule has 0 spiro atoms. The Bertz CT molecular complexity index is 415. The second-order valence-corrected chi connectivity index (χ2v) is 5.40. The van der Waals surface area contributed by atoms with Crippen molar-refractivity contribution in [3.63, 3.8) is 0 Å². The minimum absolute atomic E-state index is 0.153. The van der Waals surface area contributed by atoms with Gasteiger partial charge in [0.1, 0.15) is 12.4 Å². The van der Waals surface area contributed by atoms with Gasteiger partial charge in [0.2, 0.25) is 5.91 Å². The van der Waals surface area contributed by atoms with E-state index in [9.17, 15) is 4.79 Å². The van der Waals surface area contributed by atoms with Crippen LogP contribution in [0, 0.1) is 5.92 Å². The molecule has 1 saturated heterocycles. The van der Waals surface area contributed by atoms with Gasteiger partial charge in [-0.05, 0) is 31.2 Å². The minimum Gasteiger partial charge on any atom is -0.382 e. The summed E-state index contributed by atoms with van der Waals surface area (Å²) in [5.74, 6) is 1.41. The highest BCUT2D eigenvalue weighted by Gasteiger charge is 2.20. The van der Waals surface area contributed by atoms with Crippen LogP contribution in [0.2, 0.25) is 0 Å². The molecule has 1 fully saturated rings. The van der Waals surface area contributed by atoms with E-state index in [-0.39, 0.29) is 5.91 Å². The van der Waals surface area contributed by atoms with Crippen molar-refractivity contribution in [2.75, 3.05) is 18.8 Å². The van der Waals surface area contributed by atoms with E-state index < -0.39 is 0 Å². The number of likely N-dealkylation sites (tertiary alicyclic amines) is 1. The largest absolute Gasteiger partial charge is 0.382 e. The van der Waals surface area contributed by atoms with Crippen LogP contribution >= 0.6 is 0 Å². The average molecular weight is 264 g/mol. The van der Waals surface area contributed by atoms with Crippen LogP contribution in [0.5, 0.6) is 0 Å². The second kappa shape index (κ2) is 6.59. The van der Waals surface area contributed by atoms with E-state index in [0.29, 0.717) is 12.4 Å². The molecule has 106 valence electrons. The lowest BCUT2D eigenvalue weighted by Crippen LogP contribution is -2.34. The first-order valence-corrected chi connectivity index (χ1v) is 7.25. The highest BCUT2D eigenvalue weighted by molar-refractivity contribution is 5.75. The van der Waals surface area contributed by atoms with E-state index in [1.165, 1.54) is 19.3 Å². The number of carbonyl (C=O) groups excluding carboxylic acids is 1. The highest BCUT2D eigenvalue weighted by atomic mass is 16.2. The van der Waals surface area contributed by atoms with Gasteiger partial charge in [0.05, 0.1) is 0 Å². The normalized spacial score (nSPS) is 20.3. The molecule has 0 aliphatic carbocycles. The minimum atomic E-state index is 0.153. The lowest BCUT2D eigenvalue weighted by atomic mass is 9.96. The molecule has 5 nitrogen and oxygen atoms in total. The number of rotatable bonds is 4. The number of aromatic nitrogens is 2. The first kappa shape index (κ1) is 13.9. The fourth-order valence-electron chi connectivity index (χ4n) is 2.82. The number of anilines is 1. The molecule has 0 bridgehead atoms. The molecular weight excluding hydrogens is 240 g/mol. The lowest BCUT2D eigenvalue weighted by Gasteiger charge is -2.20. The van der Waals surface area contributed by atoms with Gasteiger partial charge in [-0.3, -0.25) is 9.48 Å². The summed E-state index contributed by atoms with van der Waals surface area (Å²) >= 11 is 0. The van der Waals surface area contributed by atoms with E-state index >= 15 is 0 Å². The van der Waals surface area contributed by atoms with Crippen molar-refractivity contribution in [2.45, 2.75) is 45.6 Å². The van der Waals surface area contributed by atoms with E-state index in [1.807, 2.05) is 4.90 Å². The Morgan fingerprint density at radius 3 is 3.00 bits per heavy atom. The fourth-order valence-corrected chi connectivity index (χ4v) is 2.82. The Morgan fingerprint density at radius 1 is 1.47 bits per heavy atom. The molecule has 19 heavy (non-hydrogen) atoms. The molecule has 1 unspecified atom stereocenters. The topological polar surface area (TPSA) is 64.2 Å². The Morgan fingerprint density at radius 2 is 2.32 bits per heavy atom. The van der Waals surface area contributed by atoms with Crippen molar-refractivity contribution in [2.24, 2.45) is 5.92 Å². The maximum Gasteiger partial charge on any atom is 0.244 e. The van der Waals surface area contributed by atoms with E-state index in [4.69, 9.17) is 5.73 Å². The van der Waals surface area contributed by atoms with Gasteiger partial charge in [0.15, 0.2) is 0 Å². The molecule has 1 aliphatic rings. The third-order valence-corrected chi connectivity index (χ3v) is 3.86. The zero-order chi connectivity index (χ0) is 13.7. The van der Waals surface area contributed by atoms with Gasteiger partial charge in [0, 0.05) is 19.3 Å². The van der Waals surface area contributed by atoms with Crippen LogP contribution in [-0.4, -0.2) is 33.7 Å². The summed E-state index contributed by atoms with van der Waals surface area (Å²) in [6.45, 7) is 4.31. The molecule has 2 heterocycles. The molecule has 1 amide bonds. The number of nitrogens with two attached hydrogens (primary N) is 1. The number of hydrogen-bond donors (Lipinski definition) is 1. The van der Waals surface area contributed by atoms with Crippen LogP contribution in [0.3, 0.4) is 0 Å². The van der Waals surface area contributed by atoms with E-state index in [0.717, 1.165) is 31.8 Å². The van der Waals surface area contributed by atoms with E-state index in [1.54, 1.807) is 16.9 Å². The maximum atomic E-state index is 12.2. The highest BCUT2D eigenvalue weighted by Crippen LogP contribution is 2.22. The first-order valence-electron chi connectivity index (χ1n) is 7.25. The summed E-state index contributed by atoms with van der Waals surface area (Å²) in [6, 6.07) is 1.72. The monoisotopic (exact) mass is 264 g/mol. The van der Waals surface area contributed by atoms with Gasteiger partial charge in [-0.1, -0.05) is 19.8 Å². The molecule has 1 atom stereocenters. The second-order valence-electron chi connectivity index (χ2n) is 5.40. The van der Waals surface area contributed by atoms with Crippen molar-refractivity contribution >= 4 is 11.7 Å². The third kappa shape index (κ3) is 3.98. The smallest absolute Gasteiger partial charge is 0.244 e. The molecular formula is C14H24N4O. The van der Waals surface area contributed by atoms with Gasteiger partial charge in [-0.25, -0.2) is 0 Å². The lowest BCUT2D eigenvalue weighted by molar-refractivity contribution is -0.132.